The summed E-state index contributed by atoms with van der Waals surface area (Å²) in [5.41, 5.74) is 2.37. The van der Waals surface area contributed by atoms with Crippen LogP contribution < -0.4 is 0 Å². The number of aromatic nitrogens is 2. The minimum Gasteiger partial charge on any atom is -0.392 e. The molecular weight excluding hydrogens is 328 g/mol. The lowest BCUT2D eigenvalue weighted by Gasteiger charge is -2.58. The van der Waals surface area contributed by atoms with Gasteiger partial charge in [-0.05, 0) is 84.5 Å². The Labute approximate surface area is 135 Å². The van der Waals surface area contributed by atoms with Gasteiger partial charge in [0.25, 0.3) is 0 Å². The number of hydrogen-bond donors (Lipinski definition) is 1. The van der Waals surface area contributed by atoms with Crippen LogP contribution in [-0.4, -0.2) is 21.0 Å². The van der Waals surface area contributed by atoms with Crippen LogP contribution in [0.1, 0.15) is 49.9 Å². The van der Waals surface area contributed by atoms with Gasteiger partial charge in [0.2, 0.25) is 0 Å². The van der Waals surface area contributed by atoms with Gasteiger partial charge in [-0.1, -0.05) is 0 Å². The van der Waals surface area contributed by atoms with Crippen molar-refractivity contribution < 1.29 is 5.11 Å². The maximum atomic E-state index is 11.1. The molecule has 1 unspecified atom stereocenters. The van der Waals surface area contributed by atoms with E-state index < -0.39 is 0 Å². The van der Waals surface area contributed by atoms with E-state index in [1.807, 2.05) is 18.7 Å². The van der Waals surface area contributed by atoms with Crippen molar-refractivity contribution in [2.45, 2.75) is 58.0 Å². The molecule has 4 heteroatoms. The molecule has 0 amide bonds. The Morgan fingerprint density at radius 3 is 2.19 bits per heavy atom. The SMILES string of the molecule is Cc1nn(C)c(CC(O)C23CC4CC(CC(C4)C2)C3)c1Br. The molecule has 1 heterocycles. The van der Waals surface area contributed by atoms with Crippen molar-refractivity contribution >= 4 is 15.9 Å². The van der Waals surface area contributed by atoms with Gasteiger partial charge in [-0.3, -0.25) is 4.68 Å². The van der Waals surface area contributed by atoms with E-state index in [9.17, 15) is 5.11 Å². The van der Waals surface area contributed by atoms with Crippen LogP contribution in [0.5, 0.6) is 0 Å². The Morgan fingerprint density at radius 1 is 1.24 bits per heavy atom. The molecule has 5 rings (SSSR count). The zero-order valence-electron chi connectivity index (χ0n) is 13.0. The highest BCUT2D eigenvalue weighted by molar-refractivity contribution is 9.10. The van der Waals surface area contributed by atoms with E-state index >= 15 is 0 Å². The Kier molecular flexibility index (Phi) is 3.27. The van der Waals surface area contributed by atoms with Crippen LogP contribution in [0.4, 0.5) is 0 Å². The molecule has 0 saturated heterocycles. The molecule has 4 fully saturated rings. The van der Waals surface area contributed by atoms with Gasteiger partial charge in [0.05, 0.1) is 22.0 Å². The molecule has 1 aromatic rings. The van der Waals surface area contributed by atoms with Gasteiger partial charge < -0.3 is 5.11 Å². The second-order valence-electron chi connectivity index (χ2n) is 7.97. The van der Waals surface area contributed by atoms with Crippen LogP contribution in [0.15, 0.2) is 4.47 Å². The summed E-state index contributed by atoms with van der Waals surface area (Å²) in [6.45, 7) is 2.02. The number of rotatable bonds is 3. The third-order valence-corrected chi connectivity index (χ3v) is 7.47. The molecule has 0 spiro atoms. The molecule has 116 valence electrons. The van der Waals surface area contributed by atoms with Crippen LogP contribution in [0.25, 0.3) is 0 Å². The summed E-state index contributed by atoms with van der Waals surface area (Å²) in [7, 11) is 1.99. The van der Waals surface area contributed by atoms with Crippen molar-refractivity contribution in [3.8, 4) is 0 Å². The summed E-state index contributed by atoms with van der Waals surface area (Å²) >= 11 is 3.65. The normalized spacial score (nSPS) is 39.0. The molecule has 4 aliphatic rings. The lowest BCUT2D eigenvalue weighted by Crippen LogP contribution is -2.52. The topological polar surface area (TPSA) is 38.0 Å². The Hall–Kier alpha value is -0.350. The van der Waals surface area contributed by atoms with Gasteiger partial charge in [0.1, 0.15) is 0 Å². The Bertz CT molecular complexity index is 530. The molecule has 0 radical (unpaired) electrons. The van der Waals surface area contributed by atoms with Crippen LogP contribution in [0, 0.1) is 30.1 Å². The largest absolute Gasteiger partial charge is 0.392 e. The average Bonchev–Trinajstić information content (AvgIpc) is 2.64. The van der Waals surface area contributed by atoms with Gasteiger partial charge in [-0.25, -0.2) is 0 Å². The van der Waals surface area contributed by atoms with E-state index in [0.29, 0.717) is 0 Å². The zero-order chi connectivity index (χ0) is 14.8. The standard InChI is InChI=1S/C17H25BrN2O/c1-10-16(18)14(20(2)19-10)6-15(21)17-7-11-3-12(8-17)5-13(4-11)9-17/h11-13,15,21H,3-9H2,1-2H3. The van der Waals surface area contributed by atoms with E-state index in [-0.39, 0.29) is 11.5 Å². The van der Waals surface area contributed by atoms with Crippen LogP contribution in [0.3, 0.4) is 0 Å². The highest BCUT2D eigenvalue weighted by Crippen LogP contribution is 2.61. The van der Waals surface area contributed by atoms with E-state index in [0.717, 1.165) is 40.0 Å². The maximum absolute atomic E-state index is 11.1. The van der Waals surface area contributed by atoms with E-state index in [1.165, 1.54) is 38.5 Å². The highest BCUT2D eigenvalue weighted by Gasteiger charge is 2.54. The van der Waals surface area contributed by atoms with E-state index in [1.54, 1.807) is 0 Å². The van der Waals surface area contributed by atoms with Crippen molar-refractivity contribution in [1.29, 1.82) is 0 Å². The molecular formula is C17H25BrN2O. The number of aliphatic hydroxyl groups is 1. The zero-order valence-corrected chi connectivity index (χ0v) is 14.6. The summed E-state index contributed by atoms with van der Waals surface area (Å²) in [6.07, 6.45) is 8.60. The molecule has 1 N–H and O–H groups in total. The van der Waals surface area contributed by atoms with Crippen molar-refractivity contribution in [2.24, 2.45) is 30.2 Å². The maximum Gasteiger partial charge on any atom is 0.0738 e. The van der Waals surface area contributed by atoms with E-state index in [4.69, 9.17) is 0 Å². The summed E-state index contributed by atoms with van der Waals surface area (Å²) in [5, 5.41) is 15.5. The summed E-state index contributed by atoms with van der Waals surface area (Å²) in [4.78, 5) is 0. The number of aryl methyl sites for hydroxylation is 2. The second kappa shape index (κ2) is 4.82. The molecule has 1 atom stereocenters. The first-order chi connectivity index (χ1) is 9.97. The first-order valence-electron chi connectivity index (χ1n) is 8.33. The molecule has 4 aliphatic carbocycles. The summed E-state index contributed by atoms with van der Waals surface area (Å²) < 4.78 is 3.01. The number of aliphatic hydroxyl groups excluding tert-OH is 1. The third-order valence-electron chi connectivity index (χ3n) is 6.44. The summed E-state index contributed by atoms with van der Waals surface area (Å²) in [6, 6.07) is 0. The van der Waals surface area contributed by atoms with Crippen molar-refractivity contribution in [3.05, 3.63) is 15.9 Å². The molecule has 0 aliphatic heterocycles. The molecule has 3 nitrogen and oxygen atoms in total. The smallest absolute Gasteiger partial charge is 0.0738 e. The van der Waals surface area contributed by atoms with Gasteiger partial charge in [-0.15, -0.1) is 0 Å². The number of halogens is 1. The van der Waals surface area contributed by atoms with Gasteiger partial charge in [0, 0.05) is 13.5 Å². The average molecular weight is 353 g/mol. The lowest BCUT2D eigenvalue weighted by atomic mass is 9.48. The fourth-order valence-electron chi connectivity index (χ4n) is 5.89. The monoisotopic (exact) mass is 352 g/mol. The Morgan fingerprint density at radius 2 is 1.76 bits per heavy atom. The second-order valence-corrected chi connectivity index (χ2v) is 8.76. The fraction of sp³-hybridized carbons (Fsp3) is 0.824. The summed E-state index contributed by atoms with van der Waals surface area (Å²) in [5.74, 6) is 2.67. The molecule has 0 aromatic carbocycles. The quantitative estimate of drug-likeness (QED) is 0.902. The van der Waals surface area contributed by atoms with Crippen molar-refractivity contribution in [3.63, 3.8) is 0 Å². The molecule has 4 bridgehead atoms. The first kappa shape index (κ1) is 14.3. The van der Waals surface area contributed by atoms with E-state index in [2.05, 4.69) is 21.0 Å². The Balaban J connectivity index is 1.58. The minimum atomic E-state index is -0.211. The van der Waals surface area contributed by atoms with Gasteiger partial charge in [0.15, 0.2) is 0 Å². The van der Waals surface area contributed by atoms with Crippen LogP contribution in [0.2, 0.25) is 0 Å². The predicted molar refractivity (Wildman–Crippen MR) is 86.0 cm³/mol. The molecule has 1 aromatic heterocycles. The van der Waals surface area contributed by atoms with Crippen molar-refractivity contribution in [1.82, 2.24) is 9.78 Å². The predicted octanol–water partition coefficient (Wildman–Crippen LogP) is 3.61. The van der Waals surface area contributed by atoms with Crippen molar-refractivity contribution in [2.75, 3.05) is 0 Å². The number of nitrogens with zero attached hydrogens (tertiary/aromatic N) is 2. The highest BCUT2D eigenvalue weighted by atomic mass is 79.9. The van der Waals surface area contributed by atoms with Gasteiger partial charge >= 0.3 is 0 Å². The minimum absolute atomic E-state index is 0.201. The molecule has 21 heavy (non-hydrogen) atoms. The van der Waals surface area contributed by atoms with Crippen LogP contribution >= 0.6 is 15.9 Å². The fourth-order valence-corrected chi connectivity index (χ4v) is 6.39. The van der Waals surface area contributed by atoms with Gasteiger partial charge in [-0.2, -0.15) is 5.10 Å². The lowest BCUT2D eigenvalue weighted by molar-refractivity contribution is -0.119. The number of hydrogen-bond acceptors (Lipinski definition) is 2. The molecule has 4 saturated carbocycles. The third kappa shape index (κ3) is 2.21. The van der Waals surface area contributed by atoms with Crippen LogP contribution in [-0.2, 0) is 13.5 Å². The first-order valence-corrected chi connectivity index (χ1v) is 9.12.